The summed E-state index contributed by atoms with van der Waals surface area (Å²) in [4.78, 5) is 14.4. The fourth-order valence-electron chi connectivity index (χ4n) is 2.99. The maximum absolute atomic E-state index is 12.0. The van der Waals surface area contributed by atoms with Crippen LogP contribution in [0.2, 0.25) is 0 Å². The first-order valence-corrected chi connectivity index (χ1v) is 6.76. The number of anilines is 1. The maximum atomic E-state index is 12.0. The first kappa shape index (κ1) is 11.6. The molecule has 0 spiro atoms. The quantitative estimate of drug-likeness (QED) is 0.821. The predicted octanol–water partition coefficient (Wildman–Crippen LogP) is 2.19. The van der Waals surface area contributed by atoms with Gasteiger partial charge in [0.05, 0.1) is 5.41 Å². The van der Waals surface area contributed by atoms with E-state index in [1.54, 1.807) is 0 Å². The third-order valence-electron chi connectivity index (χ3n) is 4.25. The summed E-state index contributed by atoms with van der Waals surface area (Å²) in [5.41, 5.74) is 3.30. The number of carbonyl (C=O) groups excluding carboxylic acids is 1. The van der Waals surface area contributed by atoms with E-state index >= 15 is 0 Å². The Morgan fingerprint density at radius 2 is 1.94 bits per heavy atom. The largest absolute Gasteiger partial charge is 0.372 e. The Balaban J connectivity index is 2.03. The fraction of sp³-hybridized carbons (Fsp3) is 0.533. The molecule has 1 N–H and O–H groups in total. The number of hydrogen-bond donors (Lipinski definition) is 1. The van der Waals surface area contributed by atoms with Gasteiger partial charge in [0, 0.05) is 25.3 Å². The highest BCUT2D eigenvalue weighted by molar-refractivity contribution is 5.89. The highest BCUT2D eigenvalue weighted by Gasteiger charge is 2.35. The molecule has 0 saturated carbocycles. The summed E-state index contributed by atoms with van der Waals surface area (Å²) in [6.07, 6.45) is 2.56. The van der Waals surface area contributed by atoms with Gasteiger partial charge in [-0.15, -0.1) is 0 Å². The SMILES string of the molecule is CC1(C)C(=O)NCc2ccc(N3CCCC3)cc21. The van der Waals surface area contributed by atoms with Gasteiger partial charge in [0.25, 0.3) is 0 Å². The van der Waals surface area contributed by atoms with E-state index in [2.05, 4.69) is 28.4 Å². The first-order valence-electron chi connectivity index (χ1n) is 6.76. The summed E-state index contributed by atoms with van der Waals surface area (Å²) in [5.74, 6) is 0.133. The molecule has 0 unspecified atom stereocenters. The van der Waals surface area contributed by atoms with Crippen molar-refractivity contribution in [2.75, 3.05) is 18.0 Å². The monoisotopic (exact) mass is 244 g/mol. The molecule has 1 fully saturated rings. The van der Waals surface area contributed by atoms with Gasteiger partial charge in [0.1, 0.15) is 0 Å². The lowest BCUT2D eigenvalue weighted by atomic mass is 9.78. The number of rotatable bonds is 1. The topological polar surface area (TPSA) is 32.3 Å². The van der Waals surface area contributed by atoms with Crippen molar-refractivity contribution < 1.29 is 4.79 Å². The van der Waals surface area contributed by atoms with Gasteiger partial charge in [-0.05, 0) is 49.9 Å². The number of benzene rings is 1. The van der Waals surface area contributed by atoms with Crippen LogP contribution in [0.1, 0.15) is 37.8 Å². The van der Waals surface area contributed by atoms with Crippen molar-refractivity contribution in [1.82, 2.24) is 5.32 Å². The van der Waals surface area contributed by atoms with Crippen LogP contribution in [0.4, 0.5) is 5.69 Å². The highest BCUT2D eigenvalue weighted by atomic mass is 16.2. The molecular formula is C15H20N2O. The van der Waals surface area contributed by atoms with Crippen molar-refractivity contribution in [3.05, 3.63) is 29.3 Å². The molecule has 1 amide bonds. The number of fused-ring (bicyclic) bond motifs is 1. The molecule has 0 atom stereocenters. The Kier molecular flexibility index (Phi) is 2.58. The van der Waals surface area contributed by atoms with E-state index in [1.165, 1.54) is 29.7 Å². The van der Waals surface area contributed by atoms with Crippen LogP contribution >= 0.6 is 0 Å². The summed E-state index contributed by atoms with van der Waals surface area (Å²) in [6, 6.07) is 6.58. The molecule has 0 bridgehead atoms. The van der Waals surface area contributed by atoms with E-state index in [0.29, 0.717) is 6.54 Å². The third-order valence-corrected chi connectivity index (χ3v) is 4.25. The molecule has 96 valence electrons. The molecule has 2 heterocycles. The zero-order chi connectivity index (χ0) is 12.8. The zero-order valence-electron chi connectivity index (χ0n) is 11.1. The van der Waals surface area contributed by atoms with Crippen LogP contribution in [-0.4, -0.2) is 19.0 Å². The molecular weight excluding hydrogens is 224 g/mol. The van der Waals surface area contributed by atoms with Gasteiger partial charge in [-0.25, -0.2) is 0 Å². The van der Waals surface area contributed by atoms with Crippen molar-refractivity contribution in [2.45, 2.75) is 38.6 Å². The van der Waals surface area contributed by atoms with Gasteiger partial charge >= 0.3 is 0 Å². The number of amides is 1. The van der Waals surface area contributed by atoms with Crippen LogP contribution < -0.4 is 10.2 Å². The summed E-state index contributed by atoms with van der Waals surface area (Å²) in [6.45, 7) is 6.97. The lowest BCUT2D eigenvalue weighted by molar-refractivity contribution is -0.126. The average molecular weight is 244 g/mol. The van der Waals surface area contributed by atoms with E-state index in [0.717, 1.165) is 13.1 Å². The van der Waals surface area contributed by atoms with Gasteiger partial charge < -0.3 is 10.2 Å². The summed E-state index contributed by atoms with van der Waals surface area (Å²) in [7, 11) is 0. The van der Waals surface area contributed by atoms with Crippen molar-refractivity contribution in [3.63, 3.8) is 0 Å². The fourth-order valence-corrected chi connectivity index (χ4v) is 2.99. The van der Waals surface area contributed by atoms with Crippen LogP contribution in [0.15, 0.2) is 18.2 Å². The number of carbonyl (C=O) groups is 1. The van der Waals surface area contributed by atoms with Gasteiger partial charge in [0.15, 0.2) is 0 Å². The minimum absolute atomic E-state index is 0.133. The van der Waals surface area contributed by atoms with Gasteiger partial charge in [-0.3, -0.25) is 4.79 Å². The molecule has 0 aliphatic carbocycles. The van der Waals surface area contributed by atoms with Crippen LogP contribution in [0, 0.1) is 0 Å². The Morgan fingerprint density at radius 1 is 1.22 bits per heavy atom. The second kappa shape index (κ2) is 4.01. The van der Waals surface area contributed by atoms with E-state index in [1.807, 2.05) is 13.8 Å². The Hall–Kier alpha value is -1.51. The normalized spacial score (nSPS) is 21.7. The zero-order valence-corrected chi connectivity index (χ0v) is 11.1. The standard InChI is InChI=1S/C15H20N2O/c1-15(2)13-9-12(17-7-3-4-8-17)6-5-11(13)10-16-14(15)18/h5-6,9H,3-4,7-8,10H2,1-2H3,(H,16,18). The second-order valence-electron chi connectivity index (χ2n) is 5.84. The second-order valence-corrected chi connectivity index (χ2v) is 5.84. The molecule has 1 saturated heterocycles. The van der Waals surface area contributed by atoms with Gasteiger partial charge in [-0.1, -0.05) is 6.07 Å². The van der Waals surface area contributed by atoms with E-state index in [4.69, 9.17) is 0 Å². The smallest absolute Gasteiger partial charge is 0.230 e. The molecule has 1 aromatic rings. The predicted molar refractivity (Wildman–Crippen MR) is 72.8 cm³/mol. The summed E-state index contributed by atoms with van der Waals surface area (Å²) in [5, 5.41) is 2.96. The molecule has 0 radical (unpaired) electrons. The van der Waals surface area contributed by atoms with E-state index < -0.39 is 5.41 Å². The molecule has 2 aliphatic heterocycles. The Morgan fingerprint density at radius 3 is 2.67 bits per heavy atom. The molecule has 3 rings (SSSR count). The Labute approximate surface area is 108 Å². The minimum Gasteiger partial charge on any atom is -0.372 e. The number of nitrogens with zero attached hydrogens (tertiary/aromatic N) is 1. The maximum Gasteiger partial charge on any atom is 0.230 e. The van der Waals surface area contributed by atoms with Crippen LogP contribution in [0.5, 0.6) is 0 Å². The van der Waals surface area contributed by atoms with Crippen molar-refractivity contribution in [1.29, 1.82) is 0 Å². The molecule has 1 aromatic carbocycles. The summed E-state index contributed by atoms with van der Waals surface area (Å²) >= 11 is 0. The number of nitrogens with one attached hydrogen (secondary N) is 1. The molecule has 3 heteroatoms. The Bertz CT molecular complexity index is 487. The van der Waals surface area contributed by atoms with Crippen molar-refractivity contribution >= 4 is 11.6 Å². The minimum atomic E-state index is -0.413. The molecule has 0 aromatic heterocycles. The van der Waals surface area contributed by atoms with E-state index in [9.17, 15) is 4.79 Å². The first-order chi connectivity index (χ1) is 8.59. The summed E-state index contributed by atoms with van der Waals surface area (Å²) < 4.78 is 0. The van der Waals surface area contributed by atoms with E-state index in [-0.39, 0.29) is 5.91 Å². The van der Waals surface area contributed by atoms with Crippen LogP contribution in [0.3, 0.4) is 0 Å². The molecule has 3 nitrogen and oxygen atoms in total. The van der Waals surface area contributed by atoms with Crippen molar-refractivity contribution in [2.24, 2.45) is 0 Å². The lowest BCUT2D eigenvalue weighted by Gasteiger charge is -2.33. The van der Waals surface area contributed by atoms with Crippen LogP contribution in [-0.2, 0) is 16.8 Å². The van der Waals surface area contributed by atoms with Gasteiger partial charge in [0.2, 0.25) is 5.91 Å². The molecule has 2 aliphatic rings. The highest BCUT2D eigenvalue weighted by Crippen LogP contribution is 2.34. The third kappa shape index (κ3) is 1.69. The van der Waals surface area contributed by atoms with Crippen molar-refractivity contribution in [3.8, 4) is 0 Å². The van der Waals surface area contributed by atoms with Gasteiger partial charge in [-0.2, -0.15) is 0 Å². The molecule has 18 heavy (non-hydrogen) atoms. The van der Waals surface area contributed by atoms with Crippen LogP contribution in [0.25, 0.3) is 0 Å². The number of hydrogen-bond acceptors (Lipinski definition) is 2. The lowest BCUT2D eigenvalue weighted by Crippen LogP contribution is -2.44. The average Bonchev–Trinajstić information content (AvgIpc) is 2.88.